The first-order valence-electron chi connectivity index (χ1n) is 8.87. The van der Waals surface area contributed by atoms with Gasteiger partial charge in [-0.25, -0.2) is 0 Å². The quantitative estimate of drug-likeness (QED) is 0.752. The predicted octanol–water partition coefficient (Wildman–Crippen LogP) is 4.89. The van der Waals surface area contributed by atoms with Crippen molar-refractivity contribution in [1.82, 2.24) is 10.2 Å². The molecule has 3 nitrogen and oxygen atoms in total. The minimum Gasteiger partial charge on any atom is -0.350 e. The normalized spacial score (nSPS) is 13.6. The fourth-order valence-corrected chi connectivity index (χ4v) is 3.79. The fourth-order valence-electron chi connectivity index (χ4n) is 3.26. The number of carbonyl (C=O) groups excluding carboxylic acids is 1. The standard InChI is InChI=1S/C22H29BrN2O/c1-14-10-8-9-11-19(14)22(5,25(6)7)13-24-21(26)18-12-20(23)17(4)15(2)16(18)3/h8-12H,13H2,1-7H3,(H,24,26). The van der Waals surface area contributed by atoms with Gasteiger partial charge in [0.2, 0.25) is 0 Å². The van der Waals surface area contributed by atoms with Gasteiger partial charge in [-0.3, -0.25) is 9.69 Å². The minimum absolute atomic E-state index is 0.0343. The summed E-state index contributed by atoms with van der Waals surface area (Å²) >= 11 is 3.57. The van der Waals surface area contributed by atoms with Gasteiger partial charge < -0.3 is 5.32 Å². The average Bonchev–Trinajstić information content (AvgIpc) is 2.60. The maximum atomic E-state index is 12.9. The molecule has 0 radical (unpaired) electrons. The molecule has 26 heavy (non-hydrogen) atoms. The number of benzene rings is 2. The molecule has 0 aliphatic rings. The summed E-state index contributed by atoms with van der Waals surface area (Å²) in [5, 5.41) is 3.16. The Kier molecular flexibility index (Phi) is 6.30. The van der Waals surface area contributed by atoms with E-state index in [1.165, 1.54) is 16.7 Å². The van der Waals surface area contributed by atoms with E-state index in [9.17, 15) is 4.79 Å². The lowest BCUT2D eigenvalue weighted by molar-refractivity contribution is 0.0907. The van der Waals surface area contributed by atoms with Gasteiger partial charge in [0, 0.05) is 16.6 Å². The first-order valence-corrected chi connectivity index (χ1v) is 9.67. The highest BCUT2D eigenvalue weighted by Gasteiger charge is 2.31. The molecule has 0 saturated carbocycles. The van der Waals surface area contributed by atoms with Gasteiger partial charge in [-0.05, 0) is 82.6 Å². The van der Waals surface area contributed by atoms with E-state index in [1.807, 2.05) is 19.1 Å². The number of likely N-dealkylation sites (N-methyl/N-ethyl adjacent to an activating group) is 1. The third kappa shape index (κ3) is 3.86. The maximum absolute atomic E-state index is 12.9. The average molecular weight is 417 g/mol. The van der Waals surface area contributed by atoms with Crippen LogP contribution in [0.1, 0.15) is 45.1 Å². The molecule has 140 valence electrons. The largest absolute Gasteiger partial charge is 0.350 e. The predicted molar refractivity (Wildman–Crippen MR) is 113 cm³/mol. The molecule has 0 aliphatic heterocycles. The number of aryl methyl sites for hydroxylation is 1. The summed E-state index contributed by atoms with van der Waals surface area (Å²) in [5.41, 5.74) is 6.25. The molecule has 1 N–H and O–H groups in total. The molecule has 0 spiro atoms. The molecular formula is C22H29BrN2O. The first-order chi connectivity index (χ1) is 12.1. The first kappa shape index (κ1) is 20.7. The molecule has 0 saturated heterocycles. The summed E-state index contributed by atoms with van der Waals surface area (Å²) in [6.07, 6.45) is 0. The highest BCUT2D eigenvalue weighted by atomic mass is 79.9. The van der Waals surface area contributed by atoms with Crippen molar-refractivity contribution in [3.05, 3.63) is 68.2 Å². The summed E-state index contributed by atoms with van der Waals surface area (Å²) in [6.45, 7) is 10.9. The molecule has 0 aromatic heterocycles. The van der Waals surface area contributed by atoms with Crippen LogP contribution in [-0.4, -0.2) is 31.4 Å². The smallest absolute Gasteiger partial charge is 0.251 e. The summed E-state index contributed by atoms with van der Waals surface area (Å²) < 4.78 is 0.972. The molecule has 0 bridgehead atoms. The van der Waals surface area contributed by atoms with Crippen LogP contribution in [-0.2, 0) is 5.54 Å². The van der Waals surface area contributed by atoms with E-state index < -0.39 is 0 Å². The number of hydrogen-bond acceptors (Lipinski definition) is 2. The lowest BCUT2D eigenvalue weighted by Gasteiger charge is -2.38. The highest BCUT2D eigenvalue weighted by Crippen LogP contribution is 2.29. The fraction of sp³-hybridized carbons (Fsp3) is 0.409. The topological polar surface area (TPSA) is 32.3 Å². The third-order valence-corrected chi connectivity index (χ3v) is 6.53. The van der Waals surface area contributed by atoms with Crippen LogP contribution in [0.2, 0.25) is 0 Å². The molecule has 1 atom stereocenters. The molecule has 1 unspecified atom stereocenters. The van der Waals surface area contributed by atoms with Crippen molar-refractivity contribution in [2.75, 3.05) is 20.6 Å². The van der Waals surface area contributed by atoms with Crippen molar-refractivity contribution >= 4 is 21.8 Å². The summed E-state index contributed by atoms with van der Waals surface area (Å²) in [7, 11) is 4.10. The van der Waals surface area contributed by atoms with E-state index in [-0.39, 0.29) is 11.4 Å². The second-order valence-electron chi connectivity index (χ2n) is 7.45. The Hall–Kier alpha value is -1.65. The van der Waals surface area contributed by atoms with Crippen LogP contribution >= 0.6 is 15.9 Å². The van der Waals surface area contributed by atoms with E-state index >= 15 is 0 Å². The lowest BCUT2D eigenvalue weighted by Crippen LogP contribution is -2.48. The summed E-state index contributed by atoms with van der Waals surface area (Å²) in [6, 6.07) is 10.3. The third-order valence-electron chi connectivity index (χ3n) is 5.71. The molecule has 0 aliphatic carbocycles. The Bertz CT molecular complexity index is 829. The van der Waals surface area contributed by atoms with Gasteiger partial charge in [0.15, 0.2) is 0 Å². The lowest BCUT2D eigenvalue weighted by atomic mass is 9.87. The van der Waals surface area contributed by atoms with Crippen molar-refractivity contribution in [3.8, 4) is 0 Å². The minimum atomic E-state index is -0.286. The molecule has 2 aromatic rings. The number of rotatable bonds is 5. The Morgan fingerprint density at radius 3 is 2.27 bits per heavy atom. The van der Waals surface area contributed by atoms with Crippen molar-refractivity contribution < 1.29 is 4.79 Å². The van der Waals surface area contributed by atoms with E-state index in [1.54, 1.807) is 0 Å². The SMILES string of the molecule is Cc1ccccc1C(C)(CNC(=O)c1cc(Br)c(C)c(C)c1C)N(C)C. The van der Waals surface area contributed by atoms with Gasteiger partial charge in [-0.2, -0.15) is 0 Å². The van der Waals surface area contributed by atoms with Gasteiger partial charge in [0.1, 0.15) is 0 Å². The van der Waals surface area contributed by atoms with Crippen LogP contribution in [0.4, 0.5) is 0 Å². The molecular weight excluding hydrogens is 388 g/mol. The molecule has 4 heteroatoms. The van der Waals surface area contributed by atoms with E-state index in [0.29, 0.717) is 6.54 Å². The Morgan fingerprint density at radius 2 is 1.69 bits per heavy atom. The van der Waals surface area contributed by atoms with E-state index in [4.69, 9.17) is 0 Å². The Labute approximate surface area is 165 Å². The van der Waals surface area contributed by atoms with Crippen LogP contribution in [0.15, 0.2) is 34.8 Å². The molecule has 2 rings (SSSR count). The van der Waals surface area contributed by atoms with Gasteiger partial charge >= 0.3 is 0 Å². The molecule has 1 amide bonds. The summed E-state index contributed by atoms with van der Waals surface area (Å²) in [5.74, 6) is -0.0343. The number of nitrogens with zero attached hydrogens (tertiary/aromatic N) is 1. The van der Waals surface area contributed by atoms with E-state index in [0.717, 1.165) is 21.2 Å². The van der Waals surface area contributed by atoms with Crippen LogP contribution in [0.25, 0.3) is 0 Å². The van der Waals surface area contributed by atoms with Gasteiger partial charge in [0.05, 0.1) is 5.54 Å². The summed E-state index contributed by atoms with van der Waals surface area (Å²) in [4.78, 5) is 15.1. The maximum Gasteiger partial charge on any atom is 0.251 e. The molecule has 2 aromatic carbocycles. The van der Waals surface area contributed by atoms with E-state index in [2.05, 4.69) is 86.1 Å². The zero-order valence-corrected chi connectivity index (χ0v) is 18.4. The number of halogens is 1. The van der Waals surface area contributed by atoms with Crippen molar-refractivity contribution in [3.63, 3.8) is 0 Å². The second-order valence-corrected chi connectivity index (χ2v) is 8.30. The second kappa shape index (κ2) is 7.93. The van der Waals surface area contributed by atoms with Crippen LogP contribution < -0.4 is 5.32 Å². The number of carbonyl (C=O) groups is 1. The highest BCUT2D eigenvalue weighted by molar-refractivity contribution is 9.10. The van der Waals surface area contributed by atoms with Crippen molar-refractivity contribution in [2.24, 2.45) is 0 Å². The molecule has 0 heterocycles. The zero-order valence-electron chi connectivity index (χ0n) is 16.8. The molecule has 0 fully saturated rings. The van der Waals surface area contributed by atoms with Crippen LogP contribution in [0.5, 0.6) is 0 Å². The number of hydrogen-bond donors (Lipinski definition) is 1. The van der Waals surface area contributed by atoms with Crippen LogP contribution in [0, 0.1) is 27.7 Å². The monoisotopic (exact) mass is 416 g/mol. The van der Waals surface area contributed by atoms with Crippen molar-refractivity contribution in [2.45, 2.75) is 40.2 Å². The van der Waals surface area contributed by atoms with Gasteiger partial charge in [-0.15, -0.1) is 0 Å². The number of amides is 1. The van der Waals surface area contributed by atoms with Crippen LogP contribution in [0.3, 0.4) is 0 Å². The van der Waals surface area contributed by atoms with Crippen molar-refractivity contribution in [1.29, 1.82) is 0 Å². The Balaban J connectivity index is 2.31. The Morgan fingerprint density at radius 1 is 1.08 bits per heavy atom. The van der Waals surface area contributed by atoms with Gasteiger partial charge in [0.25, 0.3) is 5.91 Å². The zero-order chi connectivity index (χ0) is 19.6. The van der Waals surface area contributed by atoms with Gasteiger partial charge in [-0.1, -0.05) is 40.2 Å². The number of nitrogens with one attached hydrogen (secondary N) is 1.